The van der Waals surface area contributed by atoms with Gasteiger partial charge in [0.2, 0.25) is 5.91 Å². The van der Waals surface area contributed by atoms with Crippen molar-refractivity contribution in [3.8, 4) is 0 Å². The SMILES string of the molecule is Cc1ccc(C)c(CC(=O)N/N=C\c2c(C)n(C)c3ccccc23)c1. The van der Waals surface area contributed by atoms with E-state index in [-0.39, 0.29) is 5.91 Å². The predicted molar refractivity (Wildman–Crippen MR) is 103 cm³/mol. The summed E-state index contributed by atoms with van der Waals surface area (Å²) in [5, 5.41) is 5.31. The molecule has 128 valence electrons. The number of benzene rings is 2. The third-order valence-corrected chi connectivity index (χ3v) is 4.69. The van der Waals surface area contributed by atoms with Crippen LogP contribution in [0.1, 0.15) is 27.9 Å². The molecule has 0 unspecified atom stereocenters. The van der Waals surface area contributed by atoms with Crippen molar-refractivity contribution in [3.63, 3.8) is 0 Å². The van der Waals surface area contributed by atoms with Crippen molar-refractivity contribution in [2.75, 3.05) is 0 Å². The van der Waals surface area contributed by atoms with Gasteiger partial charge in [-0.15, -0.1) is 0 Å². The van der Waals surface area contributed by atoms with E-state index in [1.807, 2.05) is 45.2 Å². The Morgan fingerprint density at radius 3 is 2.72 bits per heavy atom. The number of hydrazone groups is 1. The summed E-state index contributed by atoms with van der Waals surface area (Å²) >= 11 is 0. The minimum atomic E-state index is -0.108. The summed E-state index contributed by atoms with van der Waals surface area (Å²) in [7, 11) is 2.04. The number of carbonyl (C=O) groups excluding carboxylic acids is 1. The first-order chi connectivity index (χ1) is 12.0. The van der Waals surface area contributed by atoms with E-state index in [1.54, 1.807) is 6.21 Å². The van der Waals surface area contributed by atoms with Gasteiger partial charge in [0, 0.05) is 29.2 Å². The van der Waals surface area contributed by atoms with Gasteiger partial charge in [0.05, 0.1) is 12.6 Å². The molecule has 0 aliphatic heterocycles. The normalized spacial score (nSPS) is 11.4. The molecular formula is C21H23N3O. The molecule has 4 nitrogen and oxygen atoms in total. The van der Waals surface area contributed by atoms with Gasteiger partial charge in [-0.1, -0.05) is 42.0 Å². The number of aromatic nitrogens is 1. The summed E-state index contributed by atoms with van der Waals surface area (Å²) in [6.07, 6.45) is 2.07. The van der Waals surface area contributed by atoms with E-state index in [0.717, 1.165) is 38.9 Å². The van der Waals surface area contributed by atoms with Crippen LogP contribution < -0.4 is 5.43 Å². The van der Waals surface area contributed by atoms with E-state index >= 15 is 0 Å². The van der Waals surface area contributed by atoms with E-state index in [2.05, 4.69) is 40.2 Å². The summed E-state index contributed by atoms with van der Waals surface area (Å²) < 4.78 is 2.13. The smallest absolute Gasteiger partial charge is 0.244 e. The summed E-state index contributed by atoms with van der Waals surface area (Å²) in [6.45, 7) is 6.10. The number of nitrogens with zero attached hydrogens (tertiary/aromatic N) is 2. The molecule has 1 heterocycles. The summed E-state index contributed by atoms with van der Waals surface area (Å²) in [5.41, 5.74) is 9.27. The second-order valence-electron chi connectivity index (χ2n) is 6.48. The first-order valence-corrected chi connectivity index (χ1v) is 8.39. The van der Waals surface area contributed by atoms with Crippen LogP contribution in [0.4, 0.5) is 0 Å². The number of para-hydroxylation sites is 1. The minimum Gasteiger partial charge on any atom is -0.347 e. The fourth-order valence-electron chi connectivity index (χ4n) is 3.09. The summed E-state index contributed by atoms with van der Waals surface area (Å²) in [5.74, 6) is -0.108. The third kappa shape index (κ3) is 3.48. The average Bonchev–Trinajstić information content (AvgIpc) is 2.83. The molecule has 1 N–H and O–H groups in total. The van der Waals surface area contributed by atoms with Crippen molar-refractivity contribution >= 4 is 23.0 Å². The monoisotopic (exact) mass is 333 g/mol. The van der Waals surface area contributed by atoms with Crippen LogP contribution in [0.15, 0.2) is 47.6 Å². The summed E-state index contributed by atoms with van der Waals surface area (Å²) in [6, 6.07) is 14.3. The molecule has 3 aromatic rings. The van der Waals surface area contributed by atoms with Gasteiger partial charge in [-0.25, -0.2) is 5.43 Å². The fourth-order valence-corrected chi connectivity index (χ4v) is 3.09. The number of aryl methyl sites for hydroxylation is 3. The Labute approximate surface area is 148 Å². The van der Waals surface area contributed by atoms with Crippen LogP contribution in [0.25, 0.3) is 10.9 Å². The Balaban J connectivity index is 1.74. The lowest BCUT2D eigenvalue weighted by molar-refractivity contribution is -0.120. The molecule has 0 radical (unpaired) electrons. The second kappa shape index (κ2) is 6.93. The Hall–Kier alpha value is -2.88. The average molecular weight is 333 g/mol. The van der Waals surface area contributed by atoms with E-state index < -0.39 is 0 Å². The Morgan fingerprint density at radius 1 is 1.16 bits per heavy atom. The van der Waals surface area contributed by atoms with E-state index in [4.69, 9.17) is 0 Å². The molecule has 0 bridgehead atoms. The highest BCUT2D eigenvalue weighted by Crippen LogP contribution is 2.22. The molecule has 0 aliphatic carbocycles. The number of carbonyl (C=O) groups is 1. The van der Waals surface area contributed by atoms with Gasteiger partial charge in [-0.05, 0) is 38.0 Å². The standard InChI is InChI=1S/C21H23N3O/c1-14-9-10-15(2)17(11-14)12-21(25)23-22-13-19-16(3)24(4)20-8-6-5-7-18(19)20/h5-11,13H,12H2,1-4H3,(H,23,25)/b22-13-. The lowest BCUT2D eigenvalue weighted by atomic mass is 10.0. The fraction of sp³-hybridized carbons (Fsp3) is 0.238. The first kappa shape index (κ1) is 17.0. The third-order valence-electron chi connectivity index (χ3n) is 4.69. The number of rotatable bonds is 4. The van der Waals surface area contributed by atoms with E-state index in [9.17, 15) is 4.79 Å². The molecule has 25 heavy (non-hydrogen) atoms. The topological polar surface area (TPSA) is 46.4 Å². The Bertz CT molecular complexity index is 967. The first-order valence-electron chi connectivity index (χ1n) is 8.39. The zero-order chi connectivity index (χ0) is 18.0. The van der Waals surface area contributed by atoms with Crippen molar-refractivity contribution in [1.29, 1.82) is 0 Å². The molecule has 3 rings (SSSR count). The molecule has 0 spiro atoms. The number of hydrogen-bond donors (Lipinski definition) is 1. The Kier molecular flexibility index (Phi) is 4.70. The van der Waals surface area contributed by atoms with Crippen LogP contribution in [-0.4, -0.2) is 16.7 Å². The molecule has 1 aromatic heterocycles. The van der Waals surface area contributed by atoms with Crippen molar-refractivity contribution < 1.29 is 4.79 Å². The van der Waals surface area contributed by atoms with E-state index in [0.29, 0.717) is 6.42 Å². The second-order valence-corrected chi connectivity index (χ2v) is 6.48. The highest BCUT2D eigenvalue weighted by Gasteiger charge is 2.10. The maximum Gasteiger partial charge on any atom is 0.244 e. The van der Waals surface area contributed by atoms with Crippen LogP contribution >= 0.6 is 0 Å². The molecule has 1 amide bonds. The maximum absolute atomic E-state index is 12.2. The molecule has 4 heteroatoms. The lowest BCUT2D eigenvalue weighted by Gasteiger charge is -2.06. The highest BCUT2D eigenvalue weighted by atomic mass is 16.2. The maximum atomic E-state index is 12.2. The highest BCUT2D eigenvalue weighted by molar-refractivity contribution is 6.01. The lowest BCUT2D eigenvalue weighted by Crippen LogP contribution is -2.20. The van der Waals surface area contributed by atoms with Gasteiger partial charge in [0.1, 0.15) is 0 Å². The number of nitrogens with one attached hydrogen (secondary N) is 1. The van der Waals surface area contributed by atoms with Crippen LogP contribution in [0.3, 0.4) is 0 Å². The number of amides is 1. The van der Waals surface area contributed by atoms with Crippen molar-refractivity contribution in [1.82, 2.24) is 9.99 Å². The minimum absolute atomic E-state index is 0.108. The zero-order valence-electron chi connectivity index (χ0n) is 15.1. The van der Waals surface area contributed by atoms with Crippen molar-refractivity contribution in [3.05, 3.63) is 70.4 Å². The Morgan fingerprint density at radius 2 is 1.92 bits per heavy atom. The quantitative estimate of drug-likeness (QED) is 0.573. The molecule has 0 saturated carbocycles. The van der Waals surface area contributed by atoms with Crippen LogP contribution in [-0.2, 0) is 18.3 Å². The van der Waals surface area contributed by atoms with Crippen LogP contribution in [0, 0.1) is 20.8 Å². The predicted octanol–water partition coefficient (Wildman–Crippen LogP) is 3.80. The number of fused-ring (bicyclic) bond motifs is 1. The summed E-state index contributed by atoms with van der Waals surface area (Å²) in [4.78, 5) is 12.2. The largest absolute Gasteiger partial charge is 0.347 e. The van der Waals surface area contributed by atoms with E-state index in [1.165, 1.54) is 0 Å². The molecule has 0 saturated heterocycles. The van der Waals surface area contributed by atoms with Gasteiger partial charge >= 0.3 is 0 Å². The molecule has 0 atom stereocenters. The molecule has 0 fully saturated rings. The van der Waals surface area contributed by atoms with Gasteiger partial charge in [-0.3, -0.25) is 4.79 Å². The molecular weight excluding hydrogens is 310 g/mol. The van der Waals surface area contributed by atoms with Crippen LogP contribution in [0.2, 0.25) is 0 Å². The van der Waals surface area contributed by atoms with Gasteiger partial charge in [0.25, 0.3) is 0 Å². The van der Waals surface area contributed by atoms with Gasteiger partial charge in [0.15, 0.2) is 0 Å². The zero-order valence-corrected chi connectivity index (χ0v) is 15.1. The molecule has 0 aliphatic rings. The van der Waals surface area contributed by atoms with Gasteiger partial charge in [-0.2, -0.15) is 5.10 Å². The van der Waals surface area contributed by atoms with Crippen molar-refractivity contribution in [2.45, 2.75) is 27.2 Å². The number of hydrogen-bond acceptors (Lipinski definition) is 2. The van der Waals surface area contributed by atoms with Gasteiger partial charge < -0.3 is 4.57 Å². The molecule has 2 aromatic carbocycles. The van der Waals surface area contributed by atoms with Crippen LogP contribution in [0.5, 0.6) is 0 Å². The van der Waals surface area contributed by atoms with Crippen molar-refractivity contribution in [2.24, 2.45) is 12.1 Å².